The molecule has 0 N–H and O–H groups in total. The smallest absolute Gasteiger partial charge is 0 e. The van der Waals surface area contributed by atoms with Crippen molar-refractivity contribution in [3.05, 3.63) is 43.9 Å². The average Bonchev–Trinajstić information content (AvgIpc) is 2.46. The van der Waals surface area contributed by atoms with Crippen LogP contribution in [0, 0.1) is 20.0 Å². The van der Waals surface area contributed by atoms with Crippen LogP contribution in [0.25, 0.3) is 0 Å². The fraction of sp³-hybridized carbons (Fsp3) is 0.300. The van der Waals surface area contributed by atoms with Crippen LogP contribution in [0.5, 0.6) is 0 Å². The molecule has 0 saturated carbocycles. The molecule has 0 spiro atoms. The molecule has 0 aromatic rings. The van der Waals surface area contributed by atoms with Crippen LogP contribution in [0.2, 0.25) is 0 Å². The number of hydrogen-bond donors (Lipinski definition) is 0. The summed E-state index contributed by atoms with van der Waals surface area (Å²) in [5, 5.41) is 0. The summed E-state index contributed by atoms with van der Waals surface area (Å²) in [6.07, 6.45) is 6.90. The number of rotatable bonds is 3. The van der Waals surface area contributed by atoms with Gasteiger partial charge in [-0.3, -0.25) is 4.57 Å². The molecular formula is C10H10FeO7P-. The second kappa shape index (κ2) is 19.5. The molecule has 0 bridgehead atoms. The van der Waals surface area contributed by atoms with E-state index < -0.39 is 7.82 Å². The van der Waals surface area contributed by atoms with E-state index in [1.807, 2.05) is 6.08 Å². The maximum atomic E-state index is 10.8. The van der Waals surface area contributed by atoms with Gasteiger partial charge in [-0.05, 0) is 25.0 Å². The first kappa shape index (κ1) is 26.7. The zero-order chi connectivity index (χ0) is 15.0. The van der Waals surface area contributed by atoms with Crippen LogP contribution in [-0.2, 0) is 44.6 Å². The van der Waals surface area contributed by atoms with Crippen molar-refractivity contribution in [1.29, 1.82) is 0 Å². The summed E-state index contributed by atoms with van der Waals surface area (Å²) >= 11 is 0. The summed E-state index contributed by atoms with van der Waals surface area (Å²) < 4.78 is 42.0. The van der Waals surface area contributed by atoms with Crippen molar-refractivity contribution in [1.82, 2.24) is 0 Å². The molecule has 1 aliphatic carbocycles. The third-order valence-electron chi connectivity index (χ3n) is 1.40. The Morgan fingerprint density at radius 1 is 1.21 bits per heavy atom. The molecule has 1 rings (SSSR count). The number of phosphoric ester groups is 1. The molecule has 1 aliphatic rings. The van der Waals surface area contributed by atoms with Gasteiger partial charge in [0.15, 0.2) is 0 Å². The SMILES string of the molecule is COP(=O)([O-])OC1=CCCC=C1.[C-]#[O+].[C-]#[O+].[C-]#[O+].[Fe]. The van der Waals surface area contributed by atoms with Crippen molar-refractivity contribution >= 4 is 7.82 Å². The summed E-state index contributed by atoms with van der Waals surface area (Å²) in [6.45, 7) is 13.5. The van der Waals surface area contributed by atoms with Crippen molar-refractivity contribution in [3.63, 3.8) is 0 Å². The van der Waals surface area contributed by atoms with Gasteiger partial charge in [0.05, 0.1) is 0 Å². The number of phosphoric acid groups is 1. The second-order valence-electron chi connectivity index (χ2n) is 2.31. The average molecular weight is 329 g/mol. The van der Waals surface area contributed by atoms with Crippen molar-refractivity contribution in [3.8, 4) is 0 Å². The molecule has 19 heavy (non-hydrogen) atoms. The van der Waals surface area contributed by atoms with E-state index in [0.29, 0.717) is 5.76 Å². The van der Waals surface area contributed by atoms with Gasteiger partial charge in [-0.2, -0.15) is 0 Å². The Morgan fingerprint density at radius 3 is 2.00 bits per heavy atom. The van der Waals surface area contributed by atoms with Crippen LogP contribution in [-0.4, -0.2) is 7.11 Å². The van der Waals surface area contributed by atoms with Crippen LogP contribution in [0.4, 0.5) is 0 Å². The number of allylic oxidation sites excluding steroid dienone is 3. The quantitative estimate of drug-likeness (QED) is 0.335. The Balaban J connectivity index is -0.000000142. The third kappa shape index (κ3) is 17.2. The van der Waals surface area contributed by atoms with Gasteiger partial charge in [-0.25, -0.2) is 0 Å². The molecule has 0 fully saturated rings. The minimum absolute atomic E-state index is 0. The van der Waals surface area contributed by atoms with Gasteiger partial charge in [0.1, 0.15) is 5.76 Å². The molecule has 7 nitrogen and oxygen atoms in total. The van der Waals surface area contributed by atoms with E-state index >= 15 is 0 Å². The first-order chi connectivity index (χ1) is 8.64. The Morgan fingerprint density at radius 2 is 1.68 bits per heavy atom. The minimum atomic E-state index is -4.11. The van der Waals surface area contributed by atoms with E-state index in [1.165, 1.54) is 0 Å². The summed E-state index contributed by atoms with van der Waals surface area (Å²) in [5.41, 5.74) is 0. The standard InChI is InChI=1S/C7H11O4P.3CO.Fe/c1-10-12(8,9)11-7-5-3-2-4-6-7;3*1-2;/h3,5-6H,2,4H2,1H3,(H,8,9);;;;/p-1. The molecule has 0 heterocycles. The molecule has 0 aromatic carbocycles. The van der Waals surface area contributed by atoms with Crippen LogP contribution in [0.15, 0.2) is 24.0 Å². The van der Waals surface area contributed by atoms with Crippen molar-refractivity contribution in [2.45, 2.75) is 12.8 Å². The topological polar surface area (TPSA) is 118 Å². The van der Waals surface area contributed by atoms with Crippen molar-refractivity contribution < 1.29 is 49.5 Å². The van der Waals surface area contributed by atoms with Crippen LogP contribution in [0.3, 0.4) is 0 Å². The van der Waals surface area contributed by atoms with Crippen LogP contribution >= 0.6 is 7.82 Å². The molecule has 0 radical (unpaired) electrons. The molecule has 0 saturated heterocycles. The van der Waals surface area contributed by atoms with Gasteiger partial charge in [-0.15, -0.1) is 0 Å². The fourth-order valence-electron chi connectivity index (χ4n) is 0.823. The molecule has 1 atom stereocenters. The Bertz CT molecular complexity index is 356. The Kier molecular flexibility index (Phi) is 27.4. The van der Waals surface area contributed by atoms with E-state index in [9.17, 15) is 9.46 Å². The molecule has 0 amide bonds. The predicted molar refractivity (Wildman–Crippen MR) is 53.9 cm³/mol. The normalized spacial score (nSPS) is 13.8. The van der Waals surface area contributed by atoms with Crippen LogP contribution in [0.1, 0.15) is 12.8 Å². The van der Waals surface area contributed by atoms with E-state index in [-0.39, 0.29) is 17.1 Å². The van der Waals surface area contributed by atoms with Crippen molar-refractivity contribution in [2.75, 3.05) is 7.11 Å². The largest absolute Gasteiger partial charge is 0 e. The molecule has 106 valence electrons. The maximum Gasteiger partial charge on any atom is 0 e. The van der Waals surface area contributed by atoms with Gasteiger partial charge in [-0.1, -0.05) is 6.08 Å². The van der Waals surface area contributed by atoms with Gasteiger partial charge in [0, 0.05) is 24.2 Å². The summed E-state index contributed by atoms with van der Waals surface area (Å²) in [5.74, 6) is 0.335. The van der Waals surface area contributed by atoms with E-state index in [4.69, 9.17) is 14.0 Å². The molecule has 0 aromatic heterocycles. The first-order valence-electron chi connectivity index (χ1n) is 4.18. The van der Waals surface area contributed by atoms with Crippen LogP contribution < -0.4 is 4.89 Å². The number of hydrogen-bond acceptors (Lipinski definition) is 4. The van der Waals surface area contributed by atoms with Gasteiger partial charge in [0.2, 0.25) is 0 Å². The zero-order valence-electron chi connectivity index (χ0n) is 9.80. The minimum Gasteiger partial charge on any atom is 0 e. The predicted octanol–water partition coefficient (Wildman–Crippen LogP) is 1.24. The molecule has 0 aliphatic heterocycles. The van der Waals surface area contributed by atoms with E-state index in [2.05, 4.69) is 29.0 Å². The maximum absolute atomic E-state index is 10.8. The van der Waals surface area contributed by atoms with E-state index in [1.54, 1.807) is 12.2 Å². The Labute approximate surface area is 121 Å². The summed E-state index contributed by atoms with van der Waals surface area (Å²) in [4.78, 5) is 10.8. The third-order valence-corrected chi connectivity index (χ3v) is 2.28. The first-order valence-corrected chi connectivity index (χ1v) is 5.64. The monoisotopic (exact) mass is 329 g/mol. The van der Waals surface area contributed by atoms with Gasteiger partial charge in [0.25, 0.3) is 0 Å². The summed E-state index contributed by atoms with van der Waals surface area (Å²) in [6, 6.07) is 0. The summed E-state index contributed by atoms with van der Waals surface area (Å²) in [7, 11) is -3.04. The van der Waals surface area contributed by atoms with Crippen molar-refractivity contribution in [2.24, 2.45) is 0 Å². The molecule has 1 unspecified atom stereocenters. The fourth-order valence-corrected chi connectivity index (χ4v) is 1.29. The van der Waals surface area contributed by atoms with E-state index in [0.717, 1.165) is 20.0 Å². The zero-order valence-corrected chi connectivity index (χ0v) is 11.8. The second-order valence-corrected chi connectivity index (χ2v) is 3.75. The molecular weight excluding hydrogens is 319 g/mol. The molecule has 9 heteroatoms. The Hall–Kier alpha value is -0.831. The van der Waals surface area contributed by atoms with Gasteiger partial charge < -0.3 is 13.9 Å². The van der Waals surface area contributed by atoms with Gasteiger partial charge >= 0.3 is 41.7 Å².